The number of likely N-dealkylation sites (tertiary alicyclic amines) is 1. The first-order valence-corrected chi connectivity index (χ1v) is 6.72. The lowest BCUT2D eigenvalue weighted by Crippen LogP contribution is -2.49. The molecule has 1 heterocycles. The minimum atomic E-state index is 0.232. The molecule has 0 aliphatic carbocycles. The van der Waals surface area contributed by atoms with Crippen molar-refractivity contribution in [2.24, 2.45) is 5.73 Å². The van der Waals surface area contributed by atoms with Gasteiger partial charge in [0, 0.05) is 24.7 Å². The Hall–Kier alpha value is -0.610. The van der Waals surface area contributed by atoms with E-state index in [0.29, 0.717) is 19.1 Å². The highest BCUT2D eigenvalue weighted by Crippen LogP contribution is 2.17. The third-order valence-electron chi connectivity index (χ3n) is 3.51. The first-order chi connectivity index (χ1) is 7.97. The summed E-state index contributed by atoms with van der Waals surface area (Å²) in [4.78, 5) is 16.5. The van der Waals surface area contributed by atoms with Crippen LogP contribution in [0.15, 0.2) is 0 Å². The molecule has 1 unspecified atom stereocenters. The van der Waals surface area contributed by atoms with Crippen molar-refractivity contribution >= 4 is 5.91 Å². The maximum Gasteiger partial charge on any atom is 0.237 e. The molecule has 0 aromatic carbocycles. The van der Waals surface area contributed by atoms with Gasteiger partial charge in [-0.1, -0.05) is 0 Å². The predicted octanol–water partition coefficient (Wildman–Crippen LogP) is 1.05. The Morgan fingerprint density at radius 2 is 1.94 bits per heavy atom. The fourth-order valence-electron chi connectivity index (χ4n) is 2.80. The average Bonchev–Trinajstić information content (AvgIpc) is 2.63. The SMILES string of the molecule is CC(C)N(C(=O)CN1CCCC1CN)C(C)C. The summed E-state index contributed by atoms with van der Waals surface area (Å²) in [6.07, 6.45) is 2.30. The smallest absolute Gasteiger partial charge is 0.237 e. The van der Waals surface area contributed by atoms with Gasteiger partial charge in [-0.25, -0.2) is 0 Å². The number of hydrogen-bond acceptors (Lipinski definition) is 3. The number of amides is 1. The third kappa shape index (κ3) is 3.68. The molecule has 100 valence electrons. The molecule has 0 bridgehead atoms. The van der Waals surface area contributed by atoms with E-state index in [-0.39, 0.29) is 18.0 Å². The molecular weight excluding hydrogens is 214 g/mol. The van der Waals surface area contributed by atoms with Crippen LogP contribution in [0, 0.1) is 0 Å². The van der Waals surface area contributed by atoms with Crippen molar-refractivity contribution in [2.75, 3.05) is 19.6 Å². The van der Waals surface area contributed by atoms with Crippen LogP contribution in [0.1, 0.15) is 40.5 Å². The molecule has 1 amide bonds. The quantitative estimate of drug-likeness (QED) is 0.783. The molecule has 4 nitrogen and oxygen atoms in total. The van der Waals surface area contributed by atoms with Crippen molar-refractivity contribution < 1.29 is 4.79 Å². The lowest BCUT2D eigenvalue weighted by Gasteiger charge is -2.33. The largest absolute Gasteiger partial charge is 0.337 e. The van der Waals surface area contributed by atoms with Gasteiger partial charge in [-0.2, -0.15) is 0 Å². The van der Waals surface area contributed by atoms with Crippen molar-refractivity contribution in [1.82, 2.24) is 9.80 Å². The molecule has 1 rings (SSSR count). The highest BCUT2D eigenvalue weighted by atomic mass is 16.2. The van der Waals surface area contributed by atoms with Crippen LogP contribution in [0.2, 0.25) is 0 Å². The van der Waals surface area contributed by atoms with Crippen molar-refractivity contribution in [3.05, 3.63) is 0 Å². The van der Waals surface area contributed by atoms with Gasteiger partial charge in [-0.3, -0.25) is 9.69 Å². The fraction of sp³-hybridized carbons (Fsp3) is 0.923. The van der Waals surface area contributed by atoms with Gasteiger partial charge in [0.25, 0.3) is 0 Å². The Morgan fingerprint density at radius 1 is 1.35 bits per heavy atom. The van der Waals surface area contributed by atoms with Crippen LogP contribution in [0.3, 0.4) is 0 Å². The minimum absolute atomic E-state index is 0.232. The molecule has 0 spiro atoms. The van der Waals surface area contributed by atoms with E-state index in [1.54, 1.807) is 0 Å². The van der Waals surface area contributed by atoms with Crippen LogP contribution < -0.4 is 5.73 Å². The fourth-order valence-corrected chi connectivity index (χ4v) is 2.80. The topological polar surface area (TPSA) is 49.6 Å². The second kappa shape index (κ2) is 6.36. The van der Waals surface area contributed by atoms with E-state index in [1.165, 1.54) is 6.42 Å². The zero-order chi connectivity index (χ0) is 13.0. The zero-order valence-corrected chi connectivity index (χ0v) is 11.6. The number of nitrogens with two attached hydrogens (primary N) is 1. The average molecular weight is 241 g/mol. The van der Waals surface area contributed by atoms with Crippen molar-refractivity contribution in [3.63, 3.8) is 0 Å². The van der Waals surface area contributed by atoms with Gasteiger partial charge in [-0.15, -0.1) is 0 Å². The maximum absolute atomic E-state index is 12.3. The molecular formula is C13H27N3O. The summed E-state index contributed by atoms with van der Waals surface area (Å²) >= 11 is 0. The van der Waals surface area contributed by atoms with E-state index in [9.17, 15) is 4.79 Å². The molecule has 0 aromatic rings. The van der Waals surface area contributed by atoms with Gasteiger partial charge >= 0.3 is 0 Å². The second-order valence-electron chi connectivity index (χ2n) is 5.49. The van der Waals surface area contributed by atoms with Crippen LogP contribution >= 0.6 is 0 Å². The Bertz CT molecular complexity index is 245. The van der Waals surface area contributed by atoms with Crippen LogP contribution in [-0.4, -0.2) is 53.5 Å². The van der Waals surface area contributed by atoms with Gasteiger partial charge < -0.3 is 10.6 Å². The Kier molecular flexibility index (Phi) is 5.40. The van der Waals surface area contributed by atoms with Crippen LogP contribution in [0.4, 0.5) is 0 Å². The maximum atomic E-state index is 12.3. The van der Waals surface area contributed by atoms with Crippen molar-refractivity contribution in [1.29, 1.82) is 0 Å². The summed E-state index contributed by atoms with van der Waals surface area (Å²) in [5.41, 5.74) is 5.73. The van der Waals surface area contributed by atoms with Gasteiger partial charge in [0.15, 0.2) is 0 Å². The van der Waals surface area contributed by atoms with E-state index >= 15 is 0 Å². The minimum Gasteiger partial charge on any atom is -0.337 e. The van der Waals surface area contributed by atoms with E-state index in [2.05, 4.69) is 32.6 Å². The van der Waals surface area contributed by atoms with Gasteiger partial charge in [0.2, 0.25) is 5.91 Å². The zero-order valence-electron chi connectivity index (χ0n) is 11.6. The molecule has 4 heteroatoms. The molecule has 17 heavy (non-hydrogen) atoms. The van der Waals surface area contributed by atoms with Crippen molar-refractivity contribution in [3.8, 4) is 0 Å². The standard InChI is InChI=1S/C13H27N3O/c1-10(2)16(11(3)4)13(17)9-15-7-5-6-12(15)8-14/h10-12H,5-9,14H2,1-4H3. The lowest BCUT2D eigenvalue weighted by atomic mass is 10.2. The van der Waals surface area contributed by atoms with Gasteiger partial charge in [-0.05, 0) is 47.1 Å². The van der Waals surface area contributed by atoms with Crippen LogP contribution in [0.25, 0.3) is 0 Å². The van der Waals surface area contributed by atoms with Gasteiger partial charge in [0.1, 0.15) is 0 Å². The Morgan fingerprint density at radius 3 is 2.41 bits per heavy atom. The van der Waals surface area contributed by atoms with Gasteiger partial charge in [0.05, 0.1) is 6.54 Å². The van der Waals surface area contributed by atoms with Crippen LogP contribution in [0.5, 0.6) is 0 Å². The highest BCUT2D eigenvalue weighted by Gasteiger charge is 2.28. The Balaban J connectivity index is 2.57. The number of rotatable bonds is 5. The number of carbonyl (C=O) groups excluding carboxylic acids is 1. The number of nitrogens with zero attached hydrogens (tertiary/aromatic N) is 2. The summed E-state index contributed by atoms with van der Waals surface area (Å²) in [6.45, 7) is 10.5. The number of hydrogen-bond donors (Lipinski definition) is 1. The molecule has 0 aromatic heterocycles. The summed E-state index contributed by atoms with van der Waals surface area (Å²) in [5.74, 6) is 0.232. The summed E-state index contributed by atoms with van der Waals surface area (Å²) in [5, 5.41) is 0. The predicted molar refractivity (Wildman–Crippen MR) is 70.8 cm³/mol. The molecule has 0 radical (unpaired) electrons. The molecule has 1 saturated heterocycles. The first kappa shape index (κ1) is 14.5. The van der Waals surface area contributed by atoms with E-state index < -0.39 is 0 Å². The molecule has 1 aliphatic heterocycles. The molecule has 1 atom stereocenters. The monoisotopic (exact) mass is 241 g/mol. The van der Waals surface area contributed by atoms with Crippen molar-refractivity contribution in [2.45, 2.75) is 58.7 Å². The summed E-state index contributed by atoms with van der Waals surface area (Å²) < 4.78 is 0. The second-order valence-corrected chi connectivity index (χ2v) is 5.49. The Labute approximate surface area is 105 Å². The van der Waals surface area contributed by atoms with E-state index in [1.807, 2.05) is 4.90 Å². The molecule has 1 fully saturated rings. The van der Waals surface area contributed by atoms with E-state index in [4.69, 9.17) is 5.73 Å². The normalized spacial score (nSPS) is 21.5. The summed E-state index contributed by atoms with van der Waals surface area (Å²) in [7, 11) is 0. The lowest BCUT2D eigenvalue weighted by molar-refractivity contribution is -0.136. The van der Waals surface area contributed by atoms with E-state index in [0.717, 1.165) is 13.0 Å². The molecule has 2 N–H and O–H groups in total. The highest BCUT2D eigenvalue weighted by molar-refractivity contribution is 5.79. The van der Waals surface area contributed by atoms with Crippen LogP contribution in [-0.2, 0) is 4.79 Å². The number of carbonyl (C=O) groups is 1. The molecule has 0 saturated carbocycles. The first-order valence-electron chi connectivity index (χ1n) is 6.72. The third-order valence-corrected chi connectivity index (χ3v) is 3.51. The molecule has 1 aliphatic rings. The summed E-state index contributed by atoms with van der Waals surface area (Å²) in [6, 6.07) is 0.933.